The lowest BCUT2D eigenvalue weighted by Gasteiger charge is -2.11. The van der Waals surface area contributed by atoms with Crippen LogP contribution in [0.15, 0.2) is 42.5 Å². The van der Waals surface area contributed by atoms with Gasteiger partial charge in [-0.15, -0.1) is 0 Å². The number of hydrogen-bond acceptors (Lipinski definition) is 2. The molecule has 2 aromatic rings. The van der Waals surface area contributed by atoms with Gasteiger partial charge >= 0.3 is 6.03 Å². The van der Waals surface area contributed by atoms with Crippen LogP contribution in [-0.4, -0.2) is 18.0 Å². The van der Waals surface area contributed by atoms with Crippen molar-refractivity contribution in [2.75, 3.05) is 5.32 Å². The molecule has 0 heterocycles. The van der Waals surface area contributed by atoms with Crippen LogP contribution >= 0.6 is 0 Å². The van der Waals surface area contributed by atoms with Gasteiger partial charge in [-0.1, -0.05) is 18.2 Å². The van der Waals surface area contributed by atoms with E-state index in [2.05, 4.69) is 16.0 Å². The highest BCUT2D eigenvalue weighted by atomic mass is 16.2. The smallest absolute Gasteiger partial charge is 0.319 e. The number of hydrogen-bond donors (Lipinski definition) is 3. The van der Waals surface area contributed by atoms with Crippen LogP contribution in [0, 0.1) is 13.8 Å². The molecular weight excluding hydrogens is 314 g/mol. The molecule has 5 heteroatoms. The molecule has 0 saturated heterocycles. The molecule has 0 aliphatic carbocycles. The summed E-state index contributed by atoms with van der Waals surface area (Å²) in [4.78, 5) is 23.9. The monoisotopic (exact) mass is 339 g/mol. The Morgan fingerprint density at radius 2 is 1.64 bits per heavy atom. The third-order valence-electron chi connectivity index (χ3n) is 3.85. The largest absolute Gasteiger partial charge is 0.348 e. The fourth-order valence-corrected chi connectivity index (χ4v) is 2.30. The first-order valence-corrected chi connectivity index (χ1v) is 8.37. The van der Waals surface area contributed by atoms with E-state index >= 15 is 0 Å². The maximum absolute atomic E-state index is 12.2. The van der Waals surface area contributed by atoms with E-state index < -0.39 is 0 Å². The van der Waals surface area contributed by atoms with Gasteiger partial charge in [0.15, 0.2) is 0 Å². The first kappa shape index (κ1) is 18.5. The van der Waals surface area contributed by atoms with Crippen molar-refractivity contribution in [1.82, 2.24) is 10.6 Å². The summed E-state index contributed by atoms with van der Waals surface area (Å²) in [6, 6.07) is 12.9. The summed E-state index contributed by atoms with van der Waals surface area (Å²) in [5.74, 6) is -0.0957. The van der Waals surface area contributed by atoms with E-state index in [4.69, 9.17) is 0 Å². The van der Waals surface area contributed by atoms with Crippen LogP contribution < -0.4 is 16.0 Å². The number of amides is 3. The van der Waals surface area contributed by atoms with E-state index in [0.29, 0.717) is 17.8 Å². The second kappa shape index (κ2) is 8.33. The fourth-order valence-electron chi connectivity index (χ4n) is 2.30. The number of urea groups is 1. The normalized spacial score (nSPS) is 10.4. The van der Waals surface area contributed by atoms with Crippen LogP contribution in [-0.2, 0) is 6.54 Å². The second-order valence-electron chi connectivity index (χ2n) is 6.43. The molecule has 3 N–H and O–H groups in total. The van der Waals surface area contributed by atoms with Crippen molar-refractivity contribution in [1.29, 1.82) is 0 Å². The number of anilines is 1. The van der Waals surface area contributed by atoms with E-state index in [9.17, 15) is 9.59 Å². The predicted octanol–water partition coefficient (Wildman–Crippen LogP) is 3.76. The minimum atomic E-state index is -0.231. The minimum absolute atomic E-state index is 0.0832. The molecule has 0 bridgehead atoms. The van der Waals surface area contributed by atoms with Crippen LogP contribution in [0.1, 0.15) is 40.9 Å². The number of benzene rings is 2. The zero-order chi connectivity index (χ0) is 18.4. The van der Waals surface area contributed by atoms with Gasteiger partial charge in [0.05, 0.1) is 0 Å². The molecule has 0 aromatic heterocycles. The van der Waals surface area contributed by atoms with Gasteiger partial charge in [-0.3, -0.25) is 4.79 Å². The summed E-state index contributed by atoms with van der Waals surface area (Å²) in [6.07, 6.45) is 0. The Bertz CT molecular complexity index is 752. The zero-order valence-corrected chi connectivity index (χ0v) is 15.1. The van der Waals surface area contributed by atoms with Gasteiger partial charge in [-0.05, 0) is 68.7 Å². The SMILES string of the molecule is Cc1ccc(C(=O)NCc2ccc(NC(=O)NC(C)C)cc2)cc1C. The molecule has 0 aliphatic heterocycles. The van der Waals surface area contributed by atoms with Crippen molar-refractivity contribution in [2.24, 2.45) is 0 Å². The Labute approximate surface area is 148 Å². The highest BCUT2D eigenvalue weighted by Gasteiger charge is 2.07. The summed E-state index contributed by atoms with van der Waals surface area (Å²) in [5.41, 5.74) is 4.60. The average Bonchev–Trinajstić information content (AvgIpc) is 2.55. The number of aryl methyl sites for hydroxylation is 2. The van der Waals surface area contributed by atoms with Crippen molar-refractivity contribution in [2.45, 2.75) is 40.3 Å². The predicted molar refractivity (Wildman–Crippen MR) is 101 cm³/mol. The van der Waals surface area contributed by atoms with E-state index in [0.717, 1.165) is 11.1 Å². The van der Waals surface area contributed by atoms with Gasteiger partial charge in [-0.25, -0.2) is 4.79 Å². The van der Waals surface area contributed by atoms with Gasteiger partial charge in [0.1, 0.15) is 0 Å². The molecule has 2 aromatic carbocycles. The molecule has 0 aliphatic rings. The van der Waals surface area contributed by atoms with Crippen molar-refractivity contribution in [3.8, 4) is 0 Å². The van der Waals surface area contributed by atoms with Crippen molar-refractivity contribution < 1.29 is 9.59 Å². The highest BCUT2D eigenvalue weighted by molar-refractivity contribution is 5.94. The molecule has 0 spiro atoms. The summed E-state index contributed by atoms with van der Waals surface area (Å²) in [5, 5.41) is 8.44. The van der Waals surface area contributed by atoms with E-state index in [-0.39, 0.29) is 18.0 Å². The first-order valence-electron chi connectivity index (χ1n) is 8.37. The Morgan fingerprint density at radius 1 is 0.960 bits per heavy atom. The summed E-state index contributed by atoms with van der Waals surface area (Å²) in [7, 11) is 0. The number of carbonyl (C=O) groups excluding carboxylic acids is 2. The van der Waals surface area contributed by atoms with Crippen LogP contribution in [0.2, 0.25) is 0 Å². The lowest BCUT2D eigenvalue weighted by atomic mass is 10.1. The summed E-state index contributed by atoms with van der Waals surface area (Å²) >= 11 is 0. The molecular formula is C20H25N3O2. The number of nitrogens with one attached hydrogen (secondary N) is 3. The van der Waals surface area contributed by atoms with Gasteiger partial charge in [0.2, 0.25) is 0 Å². The van der Waals surface area contributed by atoms with Crippen molar-refractivity contribution in [3.63, 3.8) is 0 Å². The fraction of sp³-hybridized carbons (Fsp3) is 0.300. The molecule has 132 valence electrons. The molecule has 5 nitrogen and oxygen atoms in total. The van der Waals surface area contributed by atoms with Gasteiger partial charge in [-0.2, -0.15) is 0 Å². The van der Waals surface area contributed by atoms with Gasteiger partial charge in [0.25, 0.3) is 5.91 Å². The average molecular weight is 339 g/mol. The molecule has 25 heavy (non-hydrogen) atoms. The van der Waals surface area contributed by atoms with Crippen LogP contribution in [0.25, 0.3) is 0 Å². The Balaban J connectivity index is 1.89. The highest BCUT2D eigenvalue weighted by Crippen LogP contribution is 2.11. The van der Waals surface area contributed by atoms with Crippen LogP contribution in [0.3, 0.4) is 0 Å². The molecule has 3 amide bonds. The number of rotatable bonds is 5. The van der Waals surface area contributed by atoms with Crippen LogP contribution in [0.5, 0.6) is 0 Å². The van der Waals surface area contributed by atoms with Crippen molar-refractivity contribution >= 4 is 17.6 Å². The Hall–Kier alpha value is -2.82. The van der Waals surface area contributed by atoms with Crippen LogP contribution in [0.4, 0.5) is 10.5 Å². The van der Waals surface area contributed by atoms with E-state index in [1.807, 2.05) is 70.2 Å². The molecule has 2 rings (SSSR count). The molecule has 0 radical (unpaired) electrons. The van der Waals surface area contributed by atoms with Crippen molar-refractivity contribution in [3.05, 3.63) is 64.7 Å². The maximum atomic E-state index is 12.2. The lowest BCUT2D eigenvalue weighted by molar-refractivity contribution is 0.0951. The summed E-state index contributed by atoms with van der Waals surface area (Å²) in [6.45, 7) is 8.26. The third-order valence-corrected chi connectivity index (χ3v) is 3.85. The molecule has 0 atom stereocenters. The Kier molecular flexibility index (Phi) is 6.17. The molecule has 0 saturated carbocycles. The Morgan fingerprint density at radius 3 is 2.24 bits per heavy atom. The molecule has 0 fully saturated rings. The quantitative estimate of drug-likeness (QED) is 0.776. The third kappa shape index (κ3) is 5.64. The lowest BCUT2D eigenvalue weighted by Crippen LogP contribution is -2.34. The van der Waals surface area contributed by atoms with Gasteiger partial charge in [0, 0.05) is 23.8 Å². The topological polar surface area (TPSA) is 70.2 Å². The van der Waals surface area contributed by atoms with E-state index in [1.165, 1.54) is 5.56 Å². The second-order valence-corrected chi connectivity index (χ2v) is 6.43. The zero-order valence-electron chi connectivity index (χ0n) is 15.1. The minimum Gasteiger partial charge on any atom is -0.348 e. The maximum Gasteiger partial charge on any atom is 0.319 e. The van der Waals surface area contributed by atoms with E-state index in [1.54, 1.807) is 0 Å². The first-order chi connectivity index (χ1) is 11.8. The number of carbonyl (C=O) groups is 2. The standard InChI is InChI=1S/C20H25N3O2/c1-13(2)22-20(25)23-18-9-6-16(7-10-18)12-21-19(24)17-8-5-14(3)15(4)11-17/h5-11,13H,12H2,1-4H3,(H,21,24)(H2,22,23,25). The summed E-state index contributed by atoms with van der Waals surface area (Å²) < 4.78 is 0. The molecule has 0 unspecified atom stereocenters. The van der Waals surface area contributed by atoms with Gasteiger partial charge < -0.3 is 16.0 Å².